The van der Waals surface area contributed by atoms with Gasteiger partial charge in [0, 0.05) is 30.8 Å². The Kier molecular flexibility index (Phi) is 5.98. The molecule has 27 heavy (non-hydrogen) atoms. The number of ether oxygens (including phenoxy) is 2. The van der Waals surface area contributed by atoms with Crippen molar-refractivity contribution in [2.75, 3.05) is 31.0 Å². The van der Waals surface area contributed by atoms with Gasteiger partial charge in [0.15, 0.2) is 0 Å². The lowest BCUT2D eigenvalue weighted by Crippen LogP contribution is -2.28. The zero-order chi connectivity index (χ0) is 19.4. The van der Waals surface area contributed by atoms with Crippen LogP contribution >= 0.6 is 11.6 Å². The van der Waals surface area contributed by atoms with E-state index in [0.717, 1.165) is 5.56 Å². The Morgan fingerprint density at radius 2 is 2.07 bits per heavy atom. The topological polar surface area (TPSA) is 67.9 Å². The van der Waals surface area contributed by atoms with E-state index in [1.54, 1.807) is 30.2 Å². The summed E-state index contributed by atoms with van der Waals surface area (Å²) in [6, 6.07) is 12.5. The fourth-order valence-electron chi connectivity index (χ4n) is 3.14. The Morgan fingerprint density at radius 3 is 2.81 bits per heavy atom. The molecule has 1 unspecified atom stereocenters. The lowest BCUT2D eigenvalue weighted by atomic mass is 10.1. The molecule has 0 aromatic heterocycles. The number of rotatable bonds is 6. The third kappa shape index (κ3) is 4.40. The number of anilines is 2. The minimum absolute atomic E-state index is 0.135. The van der Waals surface area contributed by atoms with E-state index in [4.69, 9.17) is 21.1 Å². The van der Waals surface area contributed by atoms with Crippen molar-refractivity contribution in [3.63, 3.8) is 0 Å². The van der Waals surface area contributed by atoms with E-state index >= 15 is 0 Å². The van der Waals surface area contributed by atoms with Crippen LogP contribution in [-0.4, -0.2) is 32.6 Å². The first kappa shape index (κ1) is 19.2. The SMILES string of the molecule is COCc1cccc(NC(=O)C2CC(=O)N(c3cc(Cl)ccc3OC)C2)c1. The maximum atomic E-state index is 12.6. The Bertz CT molecular complexity index is 856. The van der Waals surface area contributed by atoms with Crippen LogP contribution in [0.1, 0.15) is 12.0 Å². The van der Waals surface area contributed by atoms with Gasteiger partial charge in [0.2, 0.25) is 11.8 Å². The van der Waals surface area contributed by atoms with Crippen molar-refractivity contribution >= 4 is 34.8 Å². The second-order valence-electron chi connectivity index (χ2n) is 6.34. The fourth-order valence-corrected chi connectivity index (χ4v) is 3.31. The molecule has 0 aliphatic carbocycles. The molecule has 2 aromatic carbocycles. The summed E-state index contributed by atoms with van der Waals surface area (Å²) in [5.41, 5.74) is 2.22. The first-order valence-corrected chi connectivity index (χ1v) is 8.92. The molecule has 142 valence electrons. The molecule has 1 saturated heterocycles. The summed E-state index contributed by atoms with van der Waals surface area (Å²) in [5.74, 6) is -0.237. The average molecular weight is 389 g/mol. The molecule has 1 heterocycles. The van der Waals surface area contributed by atoms with Crippen molar-refractivity contribution in [3.05, 3.63) is 53.1 Å². The van der Waals surface area contributed by atoms with Gasteiger partial charge in [-0.25, -0.2) is 0 Å². The number of hydrogen-bond donors (Lipinski definition) is 1. The molecule has 2 amide bonds. The standard InChI is InChI=1S/C20H21ClN2O4/c1-26-12-13-4-3-5-16(8-13)22-20(25)14-9-19(24)23(11-14)17-10-15(21)6-7-18(17)27-2/h3-8,10,14H,9,11-12H2,1-2H3,(H,22,25). The average Bonchev–Trinajstić information content (AvgIpc) is 3.04. The van der Waals surface area contributed by atoms with Gasteiger partial charge in [-0.05, 0) is 35.9 Å². The summed E-state index contributed by atoms with van der Waals surface area (Å²) >= 11 is 6.06. The molecular weight excluding hydrogens is 368 g/mol. The van der Waals surface area contributed by atoms with Crippen LogP contribution in [0.2, 0.25) is 5.02 Å². The second kappa shape index (κ2) is 8.41. The van der Waals surface area contributed by atoms with Gasteiger partial charge in [-0.15, -0.1) is 0 Å². The molecule has 0 saturated carbocycles. The number of carbonyl (C=O) groups is 2. The molecule has 1 atom stereocenters. The largest absolute Gasteiger partial charge is 0.495 e. The van der Waals surface area contributed by atoms with Gasteiger partial charge in [0.1, 0.15) is 5.75 Å². The fraction of sp³-hybridized carbons (Fsp3) is 0.300. The molecule has 0 bridgehead atoms. The number of halogens is 1. The maximum Gasteiger partial charge on any atom is 0.229 e. The highest BCUT2D eigenvalue weighted by Gasteiger charge is 2.36. The number of nitrogens with one attached hydrogen (secondary N) is 1. The van der Waals surface area contributed by atoms with E-state index in [1.165, 1.54) is 7.11 Å². The number of amides is 2. The van der Waals surface area contributed by atoms with Crippen molar-refractivity contribution in [1.82, 2.24) is 0 Å². The van der Waals surface area contributed by atoms with Crippen LogP contribution < -0.4 is 15.0 Å². The Morgan fingerprint density at radius 1 is 1.26 bits per heavy atom. The van der Waals surface area contributed by atoms with Crippen LogP contribution in [0.5, 0.6) is 5.75 Å². The molecule has 1 N–H and O–H groups in total. The van der Waals surface area contributed by atoms with Crippen LogP contribution in [0.3, 0.4) is 0 Å². The lowest BCUT2D eigenvalue weighted by Gasteiger charge is -2.20. The predicted octanol–water partition coefficient (Wildman–Crippen LogP) is 3.49. The van der Waals surface area contributed by atoms with Crippen molar-refractivity contribution < 1.29 is 19.1 Å². The van der Waals surface area contributed by atoms with Gasteiger partial charge >= 0.3 is 0 Å². The predicted molar refractivity (Wildman–Crippen MR) is 104 cm³/mol. The van der Waals surface area contributed by atoms with Gasteiger partial charge in [0.25, 0.3) is 0 Å². The molecule has 3 rings (SSSR count). The first-order chi connectivity index (χ1) is 13.0. The lowest BCUT2D eigenvalue weighted by molar-refractivity contribution is -0.122. The van der Waals surface area contributed by atoms with Crippen molar-refractivity contribution in [2.45, 2.75) is 13.0 Å². The van der Waals surface area contributed by atoms with E-state index in [9.17, 15) is 9.59 Å². The summed E-state index contributed by atoms with van der Waals surface area (Å²) in [4.78, 5) is 26.7. The van der Waals surface area contributed by atoms with Crippen LogP contribution in [0.25, 0.3) is 0 Å². The number of carbonyl (C=O) groups excluding carboxylic acids is 2. The molecule has 1 fully saturated rings. The highest BCUT2D eigenvalue weighted by atomic mass is 35.5. The van der Waals surface area contributed by atoms with Crippen LogP contribution in [-0.2, 0) is 20.9 Å². The van der Waals surface area contributed by atoms with Crippen molar-refractivity contribution in [2.24, 2.45) is 5.92 Å². The van der Waals surface area contributed by atoms with Gasteiger partial charge in [-0.3, -0.25) is 9.59 Å². The van der Waals surface area contributed by atoms with Crippen LogP contribution in [0.15, 0.2) is 42.5 Å². The van der Waals surface area contributed by atoms with Crippen LogP contribution in [0, 0.1) is 5.92 Å². The van der Waals surface area contributed by atoms with Gasteiger partial charge < -0.3 is 19.7 Å². The Labute approximate surface area is 163 Å². The number of benzene rings is 2. The van der Waals surface area contributed by atoms with E-state index in [1.807, 2.05) is 24.3 Å². The second-order valence-corrected chi connectivity index (χ2v) is 6.78. The smallest absolute Gasteiger partial charge is 0.229 e. The molecule has 6 nitrogen and oxygen atoms in total. The summed E-state index contributed by atoms with van der Waals surface area (Å²) in [6.45, 7) is 0.743. The molecule has 0 radical (unpaired) electrons. The number of hydrogen-bond acceptors (Lipinski definition) is 4. The maximum absolute atomic E-state index is 12.6. The molecule has 1 aliphatic rings. The summed E-state index contributed by atoms with van der Waals surface area (Å²) < 4.78 is 10.4. The van der Waals surface area contributed by atoms with Gasteiger partial charge in [0.05, 0.1) is 25.3 Å². The molecule has 7 heteroatoms. The summed E-state index contributed by atoms with van der Waals surface area (Å²) in [7, 11) is 3.15. The van der Waals surface area contributed by atoms with Gasteiger partial charge in [-0.1, -0.05) is 23.7 Å². The van der Waals surface area contributed by atoms with Crippen molar-refractivity contribution in [1.29, 1.82) is 0 Å². The summed E-state index contributed by atoms with van der Waals surface area (Å²) in [6.07, 6.45) is 0.138. The molecule has 1 aliphatic heterocycles. The quantitative estimate of drug-likeness (QED) is 0.822. The zero-order valence-electron chi connectivity index (χ0n) is 15.2. The van der Waals surface area contributed by atoms with E-state index in [2.05, 4.69) is 5.32 Å². The molecule has 2 aromatic rings. The third-order valence-corrected chi connectivity index (χ3v) is 4.67. The highest BCUT2D eigenvalue weighted by Crippen LogP contribution is 2.35. The van der Waals surface area contributed by atoms with Crippen LogP contribution in [0.4, 0.5) is 11.4 Å². The molecule has 0 spiro atoms. The van der Waals surface area contributed by atoms with E-state index < -0.39 is 5.92 Å². The zero-order valence-corrected chi connectivity index (χ0v) is 16.0. The molecular formula is C20H21ClN2O4. The third-order valence-electron chi connectivity index (χ3n) is 4.43. The van der Waals surface area contributed by atoms with Gasteiger partial charge in [-0.2, -0.15) is 0 Å². The monoisotopic (exact) mass is 388 g/mol. The summed E-state index contributed by atoms with van der Waals surface area (Å²) in [5, 5.41) is 3.39. The number of methoxy groups -OCH3 is 2. The normalized spacial score (nSPS) is 16.5. The van der Waals surface area contributed by atoms with E-state index in [0.29, 0.717) is 28.8 Å². The first-order valence-electron chi connectivity index (χ1n) is 8.54. The minimum atomic E-state index is -0.452. The van der Waals surface area contributed by atoms with Crippen molar-refractivity contribution in [3.8, 4) is 5.75 Å². The minimum Gasteiger partial charge on any atom is -0.495 e. The number of nitrogens with zero attached hydrogens (tertiary/aromatic N) is 1. The highest BCUT2D eigenvalue weighted by molar-refractivity contribution is 6.31. The Hall–Kier alpha value is -2.57. The van der Waals surface area contributed by atoms with E-state index in [-0.39, 0.29) is 24.8 Å². The Balaban J connectivity index is 1.73.